The highest BCUT2D eigenvalue weighted by atomic mass is 35.7. The summed E-state index contributed by atoms with van der Waals surface area (Å²) < 4.78 is 158. The smallest absolute Gasteiger partial charge is 0.208 e. The van der Waals surface area contributed by atoms with Gasteiger partial charge in [-0.05, 0) is 15.3 Å². The summed E-state index contributed by atoms with van der Waals surface area (Å²) >= 11 is 4.37. The van der Waals surface area contributed by atoms with Crippen LogP contribution in [0.1, 0.15) is 0 Å². The standard InChI is InChI=1S/C7Cl2F13NS/c8-3(24(9)23-22,6(17,18)7(19,20)21)2(10)1(4(11,12)13)5(14,15)16. The molecule has 0 aromatic rings. The Labute approximate surface area is 134 Å². The highest BCUT2D eigenvalue weighted by Gasteiger charge is 2.76. The van der Waals surface area contributed by atoms with E-state index < -0.39 is 50.0 Å². The molecule has 2 unspecified atom stereocenters. The molecule has 2 atom stereocenters. The van der Waals surface area contributed by atoms with E-state index >= 15 is 0 Å². The van der Waals surface area contributed by atoms with Crippen molar-refractivity contribution in [1.82, 2.24) is 0 Å². The van der Waals surface area contributed by atoms with Gasteiger partial charge >= 0.3 is 24.5 Å². The van der Waals surface area contributed by atoms with Gasteiger partial charge in [0, 0.05) is 0 Å². The van der Waals surface area contributed by atoms with Gasteiger partial charge in [-0.2, -0.15) is 48.3 Å². The molecule has 0 aliphatic heterocycles. The Morgan fingerprint density at radius 3 is 1.33 bits per heavy atom. The molecule has 0 aromatic carbocycles. The fourth-order valence-electron chi connectivity index (χ4n) is 1.12. The quantitative estimate of drug-likeness (QED) is 0.355. The van der Waals surface area contributed by atoms with Crippen molar-refractivity contribution in [2.75, 3.05) is 0 Å². The maximum absolute atomic E-state index is 13.6. The van der Waals surface area contributed by atoms with Crippen molar-refractivity contribution in [3.63, 3.8) is 0 Å². The Bertz CT molecular complexity index is 528. The summed E-state index contributed by atoms with van der Waals surface area (Å²) in [5.74, 6) is -11.2. The first kappa shape index (κ1) is 23.6. The molecule has 144 valence electrons. The summed E-state index contributed by atoms with van der Waals surface area (Å²) in [6, 6.07) is 0. The zero-order chi connectivity index (χ0) is 19.9. The first-order valence-electron chi connectivity index (χ1n) is 4.67. The van der Waals surface area contributed by atoms with Crippen molar-refractivity contribution >= 4 is 32.2 Å². The zero-order valence-electron chi connectivity index (χ0n) is 10.0. The number of nitrogens with zero attached hydrogens (tertiary/aromatic N) is 1. The van der Waals surface area contributed by atoms with Crippen molar-refractivity contribution in [3.05, 3.63) is 11.4 Å². The molecule has 0 heterocycles. The molecule has 0 aliphatic carbocycles. The SMILES string of the molecule is FN=S(Cl)C(Cl)(C(F)=C(C(F)(F)F)C(F)(F)F)C(F)(F)C(F)(F)F. The van der Waals surface area contributed by atoms with Gasteiger partial charge in [0.1, 0.15) is 0 Å². The van der Waals surface area contributed by atoms with E-state index in [1.165, 1.54) is 0 Å². The monoisotopic (exact) mass is 447 g/mol. The molecule has 1 nitrogen and oxygen atoms in total. The molecule has 0 radical (unpaired) electrons. The Balaban J connectivity index is 7.10. The fraction of sp³-hybridized carbons (Fsp3) is 0.714. The van der Waals surface area contributed by atoms with E-state index in [0.29, 0.717) is 0 Å². The Morgan fingerprint density at radius 2 is 1.12 bits per heavy atom. The first-order chi connectivity index (χ1) is 10.3. The minimum absolute atomic E-state index is 0.980. The average Bonchev–Trinajstić information content (AvgIpc) is 2.31. The largest absolute Gasteiger partial charge is 0.456 e. The van der Waals surface area contributed by atoms with Crippen LogP contribution in [-0.4, -0.2) is 28.7 Å². The Hall–Kier alpha value is -0.440. The van der Waals surface area contributed by atoms with Crippen molar-refractivity contribution in [1.29, 1.82) is 0 Å². The second-order valence-electron chi connectivity index (χ2n) is 3.66. The average molecular weight is 448 g/mol. The topological polar surface area (TPSA) is 12.4 Å². The summed E-state index contributed by atoms with van der Waals surface area (Å²) in [6.45, 7) is 0. The summed E-state index contributed by atoms with van der Waals surface area (Å²) in [4.78, 5) is 0. The third-order valence-electron chi connectivity index (χ3n) is 2.12. The molecule has 0 bridgehead atoms. The maximum atomic E-state index is 13.6. The number of allylic oxidation sites excluding steroid dienone is 1. The van der Waals surface area contributed by atoms with Crippen LogP contribution in [0.4, 0.5) is 57.2 Å². The summed E-state index contributed by atoms with van der Waals surface area (Å²) in [5.41, 5.74) is -4.45. The number of alkyl halides is 12. The zero-order valence-corrected chi connectivity index (χ0v) is 12.4. The summed E-state index contributed by atoms with van der Waals surface area (Å²) in [7, 11) is 0.144. The fourth-order valence-corrected chi connectivity index (χ4v) is 2.56. The number of rotatable bonds is 3. The molecule has 0 saturated carbocycles. The number of halogens is 15. The summed E-state index contributed by atoms with van der Waals surface area (Å²) in [6.07, 6.45) is -20.6. The van der Waals surface area contributed by atoms with Crippen LogP contribution in [0.2, 0.25) is 0 Å². The highest BCUT2D eigenvalue weighted by molar-refractivity contribution is 8.12. The minimum Gasteiger partial charge on any atom is -0.208 e. The lowest BCUT2D eigenvalue weighted by Crippen LogP contribution is -2.56. The number of hydrogen-bond acceptors (Lipinski definition) is 1. The van der Waals surface area contributed by atoms with E-state index in [9.17, 15) is 57.2 Å². The van der Waals surface area contributed by atoms with Crippen LogP contribution in [0.5, 0.6) is 0 Å². The van der Waals surface area contributed by atoms with E-state index in [0.717, 1.165) is 4.58 Å². The normalized spacial score (nSPS) is 18.3. The molecule has 0 amide bonds. The van der Waals surface area contributed by atoms with Gasteiger partial charge in [0.05, 0.1) is 9.90 Å². The van der Waals surface area contributed by atoms with Gasteiger partial charge in [0.2, 0.25) is 4.21 Å². The van der Waals surface area contributed by atoms with Gasteiger partial charge < -0.3 is 0 Å². The molecular formula is C7Cl2F13NS. The molecule has 0 fully saturated rings. The van der Waals surface area contributed by atoms with Crippen LogP contribution in [0.15, 0.2) is 16.0 Å². The van der Waals surface area contributed by atoms with Crippen LogP contribution in [0.25, 0.3) is 0 Å². The maximum Gasteiger partial charge on any atom is 0.456 e. The Morgan fingerprint density at radius 1 is 0.792 bits per heavy atom. The van der Waals surface area contributed by atoms with Crippen LogP contribution in [0.3, 0.4) is 0 Å². The third kappa shape index (κ3) is 4.03. The lowest BCUT2D eigenvalue weighted by Gasteiger charge is -2.34. The van der Waals surface area contributed by atoms with Gasteiger partial charge in [-0.15, -0.1) is 0 Å². The van der Waals surface area contributed by atoms with Crippen molar-refractivity contribution in [2.24, 2.45) is 4.58 Å². The second-order valence-corrected chi connectivity index (χ2v) is 6.55. The van der Waals surface area contributed by atoms with E-state index in [4.69, 9.17) is 0 Å². The molecule has 0 aliphatic rings. The van der Waals surface area contributed by atoms with Crippen molar-refractivity contribution in [2.45, 2.75) is 28.7 Å². The van der Waals surface area contributed by atoms with Crippen LogP contribution >= 0.6 is 22.3 Å². The van der Waals surface area contributed by atoms with Crippen LogP contribution < -0.4 is 0 Å². The van der Waals surface area contributed by atoms with Gasteiger partial charge in [-0.25, -0.2) is 4.39 Å². The number of hydrogen-bond donors (Lipinski definition) is 0. The highest BCUT2D eigenvalue weighted by Crippen LogP contribution is 2.57. The van der Waals surface area contributed by atoms with Gasteiger partial charge in [0.15, 0.2) is 11.4 Å². The molecule has 0 spiro atoms. The lowest BCUT2D eigenvalue weighted by molar-refractivity contribution is -0.285. The predicted molar refractivity (Wildman–Crippen MR) is 56.6 cm³/mol. The third-order valence-corrected chi connectivity index (χ3v) is 5.07. The van der Waals surface area contributed by atoms with Crippen LogP contribution in [-0.2, 0) is 9.90 Å². The predicted octanol–water partition coefficient (Wildman–Crippen LogP) is 6.31. The molecule has 0 aromatic heterocycles. The lowest BCUT2D eigenvalue weighted by atomic mass is 10.1. The van der Waals surface area contributed by atoms with Crippen molar-refractivity contribution in [3.8, 4) is 0 Å². The Kier molecular flexibility index (Phi) is 6.58. The molecule has 0 rings (SSSR count). The molecular weight excluding hydrogens is 448 g/mol. The van der Waals surface area contributed by atoms with Crippen LogP contribution in [0, 0.1) is 0 Å². The van der Waals surface area contributed by atoms with Gasteiger partial charge in [0.25, 0.3) is 0 Å². The van der Waals surface area contributed by atoms with E-state index in [1.54, 1.807) is 0 Å². The minimum atomic E-state index is -7.00. The van der Waals surface area contributed by atoms with Gasteiger partial charge in [-0.3, -0.25) is 0 Å². The molecule has 0 saturated heterocycles. The molecule has 0 N–H and O–H groups in total. The van der Waals surface area contributed by atoms with E-state index in [2.05, 4.69) is 22.3 Å². The summed E-state index contributed by atoms with van der Waals surface area (Å²) in [5, 5.41) is 0. The first-order valence-corrected chi connectivity index (χ1v) is 7.05. The second kappa shape index (κ2) is 6.70. The van der Waals surface area contributed by atoms with E-state index in [-0.39, 0.29) is 0 Å². The van der Waals surface area contributed by atoms with Gasteiger partial charge in [-0.1, -0.05) is 16.1 Å². The van der Waals surface area contributed by atoms with Crippen molar-refractivity contribution < 1.29 is 57.2 Å². The molecule has 17 heteroatoms. The van der Waals surface area contributed by atoms with E-state index in [1.807, 2.05) is 0 Å². The molecule has 24 heavy (non-hydrogen) atoms.